The van der Waals surface area contributed by atoms with Crippen LogP contribution in [0.15, 0.2) is 42.5 Å². The van der Waals surface area contributed by atoms with Crippen molar-refractivity contribution in [2.45, 2.75) is 19.5 Å². The molecule has 2 rings (SSSR count). The Labute approximate surface area is 147 Å². The molecule has 23 heavy (non-hydrogen) atoms. The Balaban J connectivity index is 2.10. The average molecular weight is 354 g/mol. The van der Waals surface area contributed by atoms with E-state index in [-0.39, 0.29) is 6.61 Å². The Kier molecular flexibility index (Phi) is 7.18. The maximum absolute atomic E-state index is 9.12. The molecule has 0 unspecified atom stereocenters. The van der Waals surface area contributed by atoms with Crippen molar-refractivity contribution in [1.29, 1.82) is 0 Å². The minimum Gasteiger partial charge on any atom is -0.497 e. The quantitative estimate of drug-likeness (QED) is 0.763. The van der Waals surface area contributed by atoms with Crippen LogP contribution in [0.3, 0.4) is 0 Å². The minimum atomic E-state index is 0.177. The van der Waals surface area contributed by atoms with E-state index in [9.17, 15) is 0 Å². The molecule has 0 spiro atoms. The number of halogens is 2. The molecule has 1 N–H and O–H groups in total. The van der Waals surface area contributed by atoms with E-state index in [1.54, 1.807) is 7.11 Å². The molecule has 2 aromatic rings. The average Bonchev–Trinajstić information content (AvgIpc) is 2.56. The molecule has 2 aromatic carbocycles. The largest absolute Gasteiger partial charge is 0.497 e. The fourth-order valence-electron chi connectivity index (χ4n) is 2.43. The molecule has 0 amide bonds. The first-order chi connectivity index (χ1) is 11.1. The van der Waals surface area contributed by atoms with Gasteiger partial charge in [-0.2, -0.15) is 0 Å². The fraction of sp³-hybridized carbons (Fsp3) is 0.333. The maximum Gasteiger partial charge on any atom is 0.119 e. The van der Waals surface area contributed by atoms with Gasteiger partial charge in [0.15, 0.2) is 0 Å². The summed E-state index contributed by atoms with van der Waals surface area (Å²) in [6, 6.07) is 13.7. The summed E-state index contributed by atoms with van der Waals surface area (Å²) >= 11 is 12.1. The van der Waals surface area contributed by atoms with Gasteiger partial charge in [0.1, 0.15) is 5.75 Å². The van der Waals surface area contributed by atoms with Crippen LogP contribution in [0.2, 0.25) is 10.0 Å². The van der Waals surface area contributed by atoms with E-state index in [2.05, 4.69) is 11.0 Å². The van der Waals surface area contributed by atoms with Gasteiger partial charge < -0.3 is 9.84 Å². The Hall–Kier alpha value is -1.26. The van der Waals surface area contributed by atoms with Crippen molar-refractivity contribution in [2.75, 3.05) is 20.3 Å². The lowest BCUT2D eigenvalue weighted by atomic mass is 10.1. The number of hydrogen-bond acceptors (Lipinski definition) is 3. The van der Waals surface area contributed by atoms with Crippen LogP contribution in [0, 0.1) is 0 Å². The van der Waals surface area contributed by atoms with Crippen molar-refractivity contribution in [1.82, 2.24) is 4.90 Å². The first kappa shape index (κ1) is 18.1. The van der Waals surface area contributed by atoms with Gasteiger partial charge in [-0.3, -0.25) is 4.90 Å². The lowest BCUT2D eigenvalue weighted by molar-refractivity contribution is 0.212. The zero-order valence-electron chi connectivity index (χ0n) is 13.1. The summed E-state index contributed by atoms with van der Waals surface area (Å²) in [5.74, 6) is 0.846. The molecule has 5 heteroatoms. The molecule has 0 saturated carbocycles. The second kappa shape index (κ2) is 9.14. The third kappa shape index (κ3) is 5.70. The summed E-state index contributed by atoms with van der Waals surface area (Å²) in [5.41, 5.74) is 2.27. The van der Waals surface area contributed by atoms with Crippen molar-refractivity contribution < 1.29 is 9.84 Å². The monoisotopic (exact) mass is 353 g/mol. The lowest BCUT2D eigenvalue weighted by Gasteiger charge is -2.22. The minimum absolute atomic E-state index is 0.177. The molecule has 0 aliphatic heterocycles. The number of rotatable bonds is 8. The highest BCUT2D eigenvalue weighted by atomic mass is 35.5. The predicted octanol–water partition coefficient (Wildman–Crippen LogP) is 4.39. The van der Waals surface area contributed by atoms with Gasteiger partial charge >= 0.3 is 0 Å². The summed E-state index contributed by atoms with van der Waals surface area (Å²) in [7, 11) is 1.67. The van der Waals surface area contributed by atoms with Gasteiger partial charge in [0.25, 0.3) is 0 Å². The zero-order valence-corrected chi connectivity index (χ0v) is 14.6. The third-order valence-corrected chi connectivity index (χ3v) is 4.30. The normalized spacial score (nSPS) is 11.0. The molecule has 0 radical (unpaired) electrons. The van der Waals surface area contributed by atoms with Gasteiger partial charge in [-0.25, -0.2) is 0 Å². The number of ether oxygens (including phenoxy) is 1. The molecule has 0 heterocycles. The summed E-state index contributed by atoms with van der Waals surface area (Å²) in [6.45, 7) is 2.50. The topological polar surface area (TPSA) is 32.7 Å². The van der Waals surface area contributed by atoms with Crippen LogP contribution in [-0.4, -0.2) is 30.3 Å². The van der Waals surface area contributed by atoms with Gasteiger partial charge in [0.05, 0.1) is 17.2 Å². The fourth-order valence-corrected chi connectivity index (χ4v) is 2.75. The molecular formula is C18H21Cl2NO2. The molecule has 0 fully saturated rings. The Morgan fingerprint density at radius 2 is 1.74 bits per heavy atom. The predicted molar refractivity (Wildman–Crippen MR) is 95.3 cm³/mol. The number of aliphatic hydroxyl groups is 1. The van der Waals surface area contributed by atoms with Gasteiger partial charge in [0.2, 0.25) is 0 Å². The van der Waals surface area contributed by atoms with Gasteiger partial charge in [-0.1, -0.05) is 41.4 Å². The van der Waals surface area contributed by atoms with Crippen LogP contribution in [0.25, 0.3) is 0 Å². The second-order valence-corrected chi connectivity index (χ2v) is 6.20. The number of aliphatic hydroxyl groups excluding tert-OH is 1. The smallest absolute Gasteiger partial charge is 0.119 e. The number of benzene rings is 2. The first-order valence-corrected chi connectivity index (χ1v) is 8.28. The summed E-state index contributed by atoms with van der Waals surface area (Å²) < 4.78 is 5.27. The van der Waals surface area contributed by atoms with E-state index in [1.807, 2.05) is 36.4 Å². The highest BCUT2D eigenvalue weighted by Crippen LogP contribution is 2.24. The van der Waals surface area contributed by atoms with Gasteiger partial charge in [-0.15, -0.1) is 0 Å². The number of hydrogen-bond donors (Lipinski definition) is 1. The summed E-state index contributed by atoms with van der Waals surface area (Å²) in [6.07, 6.45) is 0.727. The highest BCUT2D eigenvalue weighted by Gasteiger charge is 2.09. The highest BCUT2D eigenvalue weighted by molar-refractivity contribution is 6.42. The lowest BCUT2D eigenvalue weighted by Crippen LogP contribution is -2.24. The summed E-state index contributed by atoms with van der Waals surface area (Å²) in [5, 5.41) is 10.2. The van der Waals surface area contributed by atoms with Crippen LogP contribution < -0.4 is 4.74 Å². The first-order valence-electron chi connectivity index (χ1n) is 7.52. The Bertz CT molecular complexity index is 634. The van der Waals surface area contributed by atoms with E-state index in [0.29, 0.717) is 10.0 Å². The molecule has 0 bridgehead atoms. The Morgan fingerprint density at radius 3 is 2.39 bits per heavy atom. The van der Waals surface area contributed by atoms with E-state index < -0.39 is 0 Å². The van der Waals surface area contributed by atoms with E-state index in [4.69, 9.17) is 33.0 Å². The molecule has 0 aliphatic rings. The van der Waals surface area contributed by atoms with Gasteiger partial charge in [-0.05, 0) is 41.8 Å². The van der Waals surface area contributed by atoms with Crippen molar-refractivity contribution in [3.63, 3.8) is 0 Å². The van der Waals surface area contributed by atoms with Crippen molar-refractivity contribution in [3.8, 4) is 5.75 Å². The van der Waals surface area contributed by atoms with E-state index in [1.165, 1.54) is 5.56 Å². The van der Waals surface area contributed by atoms with Crippen LogP contribution in [0.1, 0.15) is 17.5 Å². The second-order valence-electron chi connectivity index (χ2n) is 5.39. The number of nitrogens with zero attached hydrogens (tertiary/aromatic N) is 1. The Morgan fingerprint density at radius 1 is 1.00 bits per heavy atom. The van der Waals surface area contributed by atoms with Crippen molar-refractivity contribution in [3.05, 3.63) is 63.6 Å². The molecule has 0 aromatic heterocycles. The molecule has 124 valence electrons. The number of methoxy groups -OCH3 is 1. The van der Waals surface area contributed by atoms with Crippen molar-refractivity contribution >= 4 is 23.2 Å². The molecule has 0 aliphatic carbocycles. The zero-order chi connectivity index (χ0) is 16.7. The van der Waals surface area contributed by atoms with Crippen LogP contribution in [-0.2, 0) is 13.1 Å². The SMILES string of the molecule is COc1cccc(CN(CCCO)Cc2ccc(Cl)c(Cl)c2)c1. The van der Waals surface area contributed by atoms with E-state index >= 15 is 0 Å². The van der Waals surface area contributed by atoms with Crippen LogP contribution in [0.4, 0.5) is 0 Å². The van der Waals surface area contributed by atoms with Gasteiger partial charge in [0, 0.05) is 26.2 Å². The van der Waals surface area contributed by atoms with Crippen LogP contribution >= 0.6 is 23.2 Å². The third-order valence-electron chi connectivity index (χ3n) is 3.56. The van der Waals surface area contributed by atoms with E-state index in [0.717, 1.165) is 37.4 Å². The van der Waals surface area contributed by atoms with Crippen molar-refractivity contribution in [2.24, 2.45) is 0 Å². The molecule has 0 atom stereocenters. The molecule has 3 nitrogen and oxygen atoms in total. The molecular weight excluding hydrogens is 333 g/mol. The standard InChI is InChI=1S/C18H21Cl2NO2/c1-23-16-5-2-4-14(10-16)12-21(8-3-9-22)13-15-6-7-17(19)18(20)11-15/h2,4-7,10-11,22H,3,8-9,12-13H2,1H3. The maximum atomic E-state index is 9.12. The molecule has 0 saturated heterocycles. The van der Waals surface area contributed by atoms with Crippen LogP contribution in [0.5, 0.6) is 5.75 Å². The summed E-state index contributed by atoms with van der Waals surface area (Å²) in [4.78, 5) is 2.27.